The smallest absolute Gasteiger partial charge is 0.391 e. The Morgan fingerprint density at radius 3 is 1.69 bits per heavy atom. The minimum atomic E-state index is -5.70. The van der Waals surface area contributed by atoms with Gasteiger partial charge >= 0.3 is 46.3 Å². The number of ether oxygens (including phenoxy) is 1. The van der Waals surface area contributed by atoms with Crippen LogP contribution < -0.4 is 22.9 Å². The number of nitrogens with two attached hydrogens (primary N) is 4. The van der Waals surface area contributed by atoms with Gasteiger partial charge in [-0.15, -0.1) is 0 Å². The summed E-state index contributed by atoms with van der Waals surface area (Å²) in [5, 5.41) is 34.8. The van der Waals surface area contributed by atoms with Crippen molar-refractivity contribution in [2.45, 2.75) is 62.7 Å². The maximum absolute atomic E-state index is 11.8. The van der Waals surface area contributed by atoms with Crippen molar-refractivity contribution in [2.24, 2.45) is 5.73 Å². The molecular formula is C25H46N12O24P6. The topological polar surface area (TPSA) is 622 Å². The third-order valence-corrected chi connectivity index (χ3v) is 16.2. The summed E-state index contributed by atoms with van der Waals surface area (Å²) in [7, 11) is -31.4. The van der Waals surface area contributed by atoms with Gasteiger partial charge in [0.25, 0.3) is 5.08 Å². The summed E-state index contributed by atoms with van der Waals surface area (Å²) in [6, 6.07) is 0. The second kappa shape index (κ2) is 23.6. The van der Waals surface area contributed by atoms with E-state index in [0.717, 1.165) is 6.33 Å². The molecule has 0 radical (unpaired) electrons. The fraction of sp³-hybridized carbons (Fsp3) is 0.480. The average molecular weight is 1080 g/mol. The quantitative estimate of drug-likeness (QED) is 0.0516. The van der Waals surface area contributed by atoms with Crippen molar-refractivity contribution in [1.29, 1.82) is 0 Å². The van der Waals surface area contributed by atoms with E-state index in [-0.39, 0.29) is 35.0 Å². The van der Waals surface area contributed by atoms with Gasteiger partial charge in [0.05, 0.1) is 25.7 Å². The van der Waals surface area contributed by atoms with Crippen LogP contribution in [0.4, 0.5) is 17.5 Å². The van der Waals surface area contributed by atoms with Gasteiger partial charge in [-0.05, 0) is 20.4 Å². The number of rotatable bonds is 15. The van der Waals surface area contributed by atoms with Crippen LogP contribution in [-0.4, -0.2) is 145 Å². The first-order chi connectivity index (χ1) is 30.4. The Balaban J connectivity index is 0.000000352. The maximum atomic E-state index is 11.8. The van der Waals surface area contributed by atoms with E-state index < -0.39 is 102 Å². The van der Waals surface area contributed by atoms with Crippen LogP contribution in [0.3, 0.4) is 0 Å². The first kappa shape index (κ1) is 59.9. The predicted octanol–water partition coefficient (Wildman–Crippen LogP) is -3.39. The van der Waals surface area contributed by atoms with E-state index in [4.69, 9.17) is 81.9 Å². The van der Waals surface area contributed by atoms with Crippen LogP contribution in [0.2, 0.25) is 0 Å². The number of phosphoric acid groups is 3. The molecule has 1 aliphatic heterocycles. The minimum Gasteiger partial charge on any atom is -0.391 e. The van der Waals surface area contributed by atoms with Gasteiger partial charge in [-0.3, -0.25) is 22.8 Å². The van der Waals surface area contributed by atoms with Gasteiger partial charge in [-0.25, -0.2) is 48.6 Å². The average Bonchev–Trinajstić information content (AvgIpc) is 3.70. The van der Waals surface area contributed by atoms with Gasteiger partial charge in [0, 0.05) is 29.9 Å². The van der Waals surface area contributed by atoms with Gasteiger partial charge < -0.3 is 97.0 Å². The largest absolute Gasteiger partial charge is 0.490 e. The molecule has 0 bridgehead atoms. The normalized spacial score (nSPS) is 19.7. The van der Waals surface area contributed by atoms with Crippen molar-refractivity contribution in [3.05, 3.63) is 47.8 Å². The zero-order valence-corrected chi connectivity index (χ0v) is 39.4. The highest BCUT2D eigenvalue weighted by atomic mass is 31.3. The first-order valence-electron chi connectivity index (χ1n) is 17.5. The van der Waals surface area contributed by atoms with Gasteiger partial charge in [0.2, 0.25) is 0 Å². The van der Waals surface area contributed by atoms with E-state index in [1.165, 1.54) is 23.3 Å². The molecule has 22 N–H and O–H groups in total. The molecule has 6 atom stereocenters. The van der Waals surface area contributed by atoms with E-state index in [9.17, 15) is 42.5 Å². The van der Waals surface area contributed by atoms with Crippen molar-refractivity contribution in [3.63, 3.8) is 0 Å². The summed E-state index contributed by atoms with van der Waals surface area (Å²) in [5.74, 6) is 1.62. The third-order valence-electron chi connectivity index (χ3n) is 7.81. The Morgan fingerprint density at radius 2 is 1.25 bits per heavy atom. The number of aliphatic hydroxyl groups is 4. The molecule has 5 rings (SSSR count). The van der Waals surface area contributed by atoms with E-state index in [0.29, 0.717) is 23.0 Å². The molecule has 0 saturated carbocycles. The molecular weight excluding hydrogens is 1040 g/mol. The molecule has 1 saturated heterocycles. The molecule has 36 nitrogen and oxygen atoms in total. The van der Waals surface area contributed by atoms with Crippen LogP contribution in [0, 0.1) is 13.8 Å². The maximum Gasteiger partial charge on any atom is 0.490 e. The molecule has 4 aromatic rings. The monoisotopic (exact) mass is 1080 g/mol. The number of nitrogen functional groups attached to an aromatic ring is 3. The van der Waals surface area contributed by atoms with Crippen molar-refractivity contribution in [1.82, 2.24) is 39.5 Å². The van der Waals surface area contributed by atoms with Crippen molar-refractivity contribution < 1.29 is 115 Å². The van der Waals surface area contributed by atoms with Gasteiger partial charge in [-0.2, -0.15) is 8.62 Å². The Kier molecular flexibility index (Phi) is 21.0. The molecule has 5 heterocycles. The molecule has 4 aromatic heterocycles. The molecule has 0 amide bonds. The molecule has 0 spiro atoms. The Hall–Kier alpha value is -3.27. The minimum absolute atomic E-state index is 0.0426. The van der Waals surface area contributed by atoms with Gasteiger partial charge in [0.1, 0.15) is 53.4 Å². The summed E-state index contributed by atoms with van der Waals surface area (Å²) in [5.41, 5.74) is 22.6. The standard InChI is InChI=1S/C10H16N5O13P3.C6H10N3O3P.C6H9N3O.C3H11NO7P2/c11-8-5-9(13-2-12-8)15(3-14-5)10-7(17)6(16)4(26-10)1-25-30(21,22)28-31(23,24)27-29(18,19)20;1-4-8-2-5(6(7)9-4)3-13(10,11)12;1-4-8-2-5(3-10)6(7)9-4;4-2-1-3(5,12(6,7)8)13(9,10)11/h2-4,6-7,10,16-17H,1H2,(H,21,22)(H,23,24)(H2,11,12,13)(H2,18,19,20);2H,3H2,1H3,(H2,7,8,9)(H2,10,11,12);2,10H,3H2,1H3,(H2,7,8,9);5H,1-2,4H2,(H2,6,7,8)(H2,9,10,11)/t4-,6-,7-,10-;;;/m1.../s1. The number of hydrogen-bond acceptors (Lipinski definition) is 25. The van der Waals surface area contributed by atoms with Crippen molar-refractivity contribution >= 4 is 74.9 Å². The zero-order valence-electron chi connectivity index (χ0n) is 34.1. The lowest BCUT2D eigenvalue weighted by Gasteiger charge is -2.28. The fourth-order valence-electron chi connectivity index (χ4n) is 4.77. The second-order valence-corrected chi connectivity index (χ2v) is 23.1. The highest BCUT2D eigenvalue weighted by Crippen LogP contribution is 2.69. The SMILES string of the molecule is Cc1ncc(CO)c(N)n1.Cc1ncc(CP(=O)(O)O)c(N)n1.NCCC(O)(P(=O)(O)O)P(=O)(O)O.Nc1ncnc2c1ncn2[C@@H]1O[C@H](COP(=O)(O)OP(=O)(O)OP(=O)(O)O)[C@@H](O)[C@H]1O. The Bertz CT molecular complexity index is 2590. The fourth-order valence-corrected chi connectivity index (χ4v) is 10.7. The van der Waals surface area contributed by atoms with Crippen LogP contribution in [-0.2, 0) is 58.0 Å². The third kappa shape index (κ3) is 18.2. The molecule has 380 valence electrons. The molecule has 0 aliphatic carbocycles. The number of hydrogen-bond donors (Lipinski definition) is 18. The number of aryl methyl sites for hydroxylation is 2. The summed E-state index contributed by atoms with van der Waals surface area (Å²) in [4.78, 5) is 114. The lowest BCUT2D eigenvalue weighted by Crippen LogP contribution is -2.33. The first-order valence-corrected chi connectivity index (χ1v) is 27.0. The zero-order chi connectivity index (χ0) is 51.7. The lowest BCUT2D eigenvalue weighted by molar-refractivity contribution is -0.0503. The van der Waals surface area contributed by atoms with Crippen LogP contribution in [0.25, 0.3) is 11.2 Å². The van der Waals surface area contributed by atoms with E-state index in [1.807, 2.05) is 0 Å². The highest BCUT2D eigenvalue weighted by molar-refractivity contribution is 7.72. The summed E-state index contributed by atoms with van der Waals surface area (Å²) in [6.07, 6.45) is -2.13. The number of nitrogens with zero attached hydrogens (tertiary/aromatic N) is 8. The van der Waals surface area contributed by atoms with Gasteiger partial charge in [-0.1, -0.05) is 0 Å². The van der Waals surface area contributed by atoms with Crippen LogP contribution in [0.5, 0.6) is 0 Å². The Labute approximate surface area is 375 Å². The number of imidazole rings is 1. The Morgan fingerprint density at radius 1 is 0.731 bits per heavy atom. The lowest BCUT2D eigenvalue weighted by atomic mass is 10.1. The second-order valence-electron chi connectivity index (χ2n) is 13.1. The van der Waals surface area contributed by atoms with E-state index in [2.05, 4.69) is 48.0 Å². The predicted molar refractivity (Wildman–Crippen MR) is 222 cm³/mol. The molecule has 67 heavy (non-hydrogen) atoms. The van der Waals surface area contributed by atoms with Crippen LogP contribution >= 0.6 is 46.3 Å². The number of phosphoric ester groups is 1. The van der Waals surface area contributed by atoms with Crippen molar-refractivity contribution in [2.75, 3.05) is 30.4 Å². The highest BCUT2D eigenvalue weighted by Gasteiger charge is 2.58. The summed E-state index contributed by atoms with van der Waals surface area (Å²) in [6.45, 7) is 1.89. The molecule has 2 unspecified atom stereocenters. The van der Waals surface area contributed by atoms with Crippen LogP contribution in [0.1, 0.15) is 35.4 Å². The number of anilines is 3. The summed E-state index contributed by atoms with van der Waals surface area (Å²) >= 11 is 0. The van der Waals surface area contributed by atoms with Crippen molar-refractivity contribution in [3.8, 4) is 0 Å². The van der Waals surface area contributed by atoms with E-state index >= 15 is 0 Å². The molecule has 1 fully saturated rings. The number of aliphatic hydroxyl groups excluding tert-OH is 3. The molecule has 42 heteroatoms. The number of fused-ring (bicyclic) bond motifs is 1. The van der Waals surface area contributed by atoms with Gasteiger partial charge in [0.15, 0.2) is 17.7 Å². The summed E-state index contributed by atoms with van der Waals surface area (Å²) < 4.78 is 83.7. The molecule has 0 aromatic carbocycles. The van der Waals surface area contributed by atoms with E-state index in [1.54, 1.807) is 13.8 Å². The number of aromatic nitrogens is 8. The van der Waals surface area contributed by atoms with Crippen LogP contribution in [0.15, 0.2) is 25.0 Å². The molecule has 1 aliphatic rings.